The van der Waals surface area contributed by atoms with E-state index < -0.39 is 0 Å². The van der Waals surface area contributed by atoms with Gasteiger partial charge in [0.05, 0.1) is 12.1 Å². The molecule has 0 bridgehead atoms. The lowest BCUT2D eigenvalue weighted by Crippen LogP contribution is -2.31. The first-order valence-corrected chi connectivity index (χ1v) is 7.30. The number of aryl methyl sites for hydroxylation is 2. The molecule has 1 aliphatic heterocycles. The number of amides is 1. The Hall–Kier alpha value is -2.50. The molecule has 22 heavy (non-hydrogen) atoms. The molecule has 3 heterocycles. The average Bonchev–Trinajstić information content (AvgIpc) is 2.95. The number of pyridine rings is 1. The van der Waals surface area contributed by atoms with Crippen molar-refractivity contribution in [1.82, 2.24) is 19.9 Å². The Morgan fingerprint density at radius 2 is 2.14 bits per heavy atom. The molecule has 0 aromatic carbocycles. The van der Waals surface area contributed by atoms with E-state index in [-0.39, 0.29) is 12.0 Å². The predicted octanol–water partition coefficient (Wildman–Crippen LogP) is 1.78. The summed E-state index contributed by atoms with van der Waals surface area (Å²) in [7, 11) is 0. The predicted molar refractivity (Wildman–Crippen MR) is 80.7 cm³/mol. The average molecular weight is 298 g/mol. The van der Waals surface area contributed by atoms with Crippen molar-refractivity contribution in [3.05, 3.63) is 47.7 Å². The summed E-state index contributed by atoms with van der Waals surface area (Å²) in [6.45, 7) is 4.92. The van der Waals surface area contributed by atoms with E-state index in [9.17, 15) is 4.79 Å². The Labute approximate surface area is 129 Å². The van der Waals surface area contributed by atoms with Gasteiger partial charge in [-0.3, -0.25) is 9.78 Å². The van der Waals surface area contributed by atoms with Crippen LogP contribution in [0.4, 0.5) is 0 Å². The van der Waals surface area contributed by atoms with Crippen molar-refractivity contribution in [2.24, 2.45) is 0 Å². The van der Waals surface area contributed by atoms with Crippen LogP contribution >= 0.6 is 0 Å². The maximum Gasteiger partial charge on any atom is 0.255 e. The van der Waals surface area contributed by atoms with E-state index >= 15 is 0 Å². The molecule has 3 rings (SSSR count). The SMILES string of the molecule is Cc1nccc(O[C@@H]2CCN(C(=O)c3cccnc3C)C2)n1. The van der Waals surface area contributed by atoms with E-state index in [4.69, 9.17) is 4.74 Å². The largest absolute Gasteiger partial charge is 0.472 e. The topological polar surface area (TPSA) is 68.2 Å². The van der Waals surface area contributed by atoms with Gasteiger partial charge in [-0.25, -0.2) is 4.98 Å². The second-order valence-corrected chi connectivity index (χ2v) is 5.36. The van der Waals surface area contributed by atoms with Gasteiger partial charge in [-0.1, -0.05) is 0 Å². The van der Waals surface area contributed by atoms with E-state index in [1.165, 1.54) is 0 Å². The van der Waals surface area contributed by atoms with E-state index in [1.54, 1.807) is 24.5 Å². The van der Waals surface area contributed by atoms with Crippen LogP contribution < -0.4 is 4.74 Å². The summed E-state index contributed by atoms with van der Waals surface area (Å²) < 4.78 is 5.84. The van der Waals surface area contributed by atoms with Crippen molar-refractivity contribution >= 4 is 5.91 Å². The van der Waals surface area contributed by atoms with Gasteiger partial charge in [-0.15, -0.1) is 0 Å². The summed E-state index contributed by atoms with van der Waals surface area (Å²) in [4.78, 5) is 26.8. The number of ether oxygens (including phenoxy) is 1. The molecule has 0 N–H and O–H groups in total. The number of hydrogen-bond donors (Lipinski definition) is 0. The number of aromatic nitrogens is 3. The summed E-state index contributed by atoms with van der Waals surface area (Å²) in [6.07, 6.45) is 4.14. The highest BCUT2D eigenvalue weighted by Gasteiger charge is 2.29. The molecule has 6 heteroatoms. The molecule has 1 amide bonds. The minimum Gasteiger partial charge on any atom is -0.472 e. The number of carbonyl (C=O) groups is 1. The van der Waals surface area contributed by atoms with Crippen LogP contribution in [-0.2, 0) is 0 Å². The molecule has 0 aliphatic carbocycles. The maximum atomic E-state index is 12.5. The van der Waals surface area contributed by atoms with Gasteiger partial charge < -0.3 is 9.64 Å². The zero-order valence-corrected chi connectivity index (χ0v) is 12.7. The highest BCUT2D eigenvalue weighted by Crippen LogP contribution is 2.19. The van der Waals surface area contributed by atoms with Crippen LogP contribution in [0.3, 0.4) is 0 Å². The normalized spacial score (nSPS) is 17.5. The van der Waals surface area contributed by atoms with Gasteiger partial charge in [-0.2, -0.15) is 4.98 Å². The molecular formula is C16H18N4O2. The van der Waals surface area contributed by atoms with Gasteiger partial charge in [-0.05, 0) is 26.0 Å². The molecule has 0 unspecified atom stereocenters. The van der Waals surface area contributed by atoms with Crippen molar-refractivity contribution in [3.8, 4) is 5.88 Å². The summed E-state index contributed by atoms with van der Waals surface area (Å²) in [5.74, 6) is 1.24. The van der Waals surface area contributed by atoms with E-state index in [0.717, 1.165) is 12.1 Å². The van der Waals surface area contributed by atoms with Gasteiger partial charge in [0.1, 0.15) is 11.9 Å². The first-order valence-electron chi connectivity index (χ1n) is 7.30. The summed E-state index contributed by atoms with van der Waals surface area (Å²) in [6, 6.07) is 5.34. The molecule has 1 saturated heterocycles. The van der Waals surface area contributed by atoms with Crippen LogP contribution in [0, 0.1) is 13.8 Å². The van der Waals surface area contributed by atoms with Gasteiger partial charge in [0.25, 0.3) is 5.91 Å². The van der Waals surface area contributed by atoms with Gasteiger partial charge in [0.2, 0.25) is 5.88 Å². The summed E-state index contributed by atoms with van der Waals surface area (Å²) in [5.41, 5.74) is 1.41. The lowest BCUT2D eigenvalue weighted by molar-refractivity contribution is 0.0770. The smallest absolute Gasteiger partial charge is 0.255 e. The number of carbonyl (C=O) groups excluding carboxylic acids is 1. The first kappa shape index (κ1) is 14.4. The third-order valence-corrected chi connectivity index (χ3v) is 3.71. The van der Waals surface area contributed by atoms with Gasteiger partial charge in [0, 0.05) is 37.1 Å². The first-order chi connectivity index (χ1) is 10.6. The highest BCUT2D eigenvalue weighted by molar-refractivity contribution is 5.95. The van der Waals surface area contributed by atoms with Gasteiger partial charge in [0.15, 0.2) is 0 Å². The van der Waals surface area contributed by atoms with E-state index in [2.05, 4.69) is 15.0 Å². The molecule has 114 valence electrons. The third kappa shape index (κ3) is 3.05. The zero-order chi connectivity index (χ0) is 15.5. The fraction of sp³-hybridized carbons (Fsp3) is 0.375. The Kier molecular flexibility index (Phi) is 4.00. The molecule has 2 aromatic heterocycles. The Morgan fingerprint density at radius 1 is 1.27 bits per heavy atom. The maximum absolute atomic E-state index is 12.5. The molecule has 0 saturated carbocycles. The van der Waals surface area contributed by atoms with Crippen molar-refractivity contribution in [2.75, 3.05) is 13.1 Å². The van der Waals surface area contributed by atoms with Crippen molar-refractivity contribution in [1.29, 1.82) is 0 Å². The second kappa shape index (κ2) is 6.09. The van der Waals surface area contributed by atoms with Crippen LogP contribution in [0.15, 0.2) is 30.6 Å². The van der Waals surface area contributed by atoms with Crippen LogP contribution in [0.25, 0.3) is 0 Å². The van der Waals surface area contributed by atoms with Crippen LogP contribution in [0.1, 0.15) is 28.3 Å². The summed E-state index contributed by atoms with van der Waals surface area (Å²) in [5, 5.41) is 0. The third-order valence-electron chi connectivity index (χ3n) is 3.71. The van der Waals surface area contributed by atoms with Crippen molar-refractivity contribution in [3.63, 3.8) is 0 Å². The second-order valence-electron chi connectivity index (χ2n) is 5.36. The number of likely N-dealkylation sites (tertiary alicyclic amines) is 1. The quantitative estimate of drug-likeness (QED) is 0.864. The zero-order valence-electron chi connectivity index (χ0n) is 12.7. The fourth-order valence-corrected chi connectivity index (χ4v) is 2.56. The standard InChI is InChI=1S/C16H18N4O2/c1-11-14(4-3-7-17-11)16(21)20-9-6-13(10-20)22-15-5-8-18-12(2)19-15/h3-5,7-8,13H,6,9-10H2,1-2H3/t13-/m1/s1. The van der Waals surface area contributed by atoms with Crippen LogP contribution in [0.5, 0.6) is 5.88 Å². The van der Waals surface area contributed by atoms with Crippen LogP contribution in [0.2, 0.25) is 0 Å². The number of rotatable bonds is 3. The van der Waals surface area contributed by atoms with Crippen molar-refractivity contribution in [2.45, 2.75) is 26.4 Å². The molecular weight excluding hydrogens is 280 g/mol. The minimum absolute atomic E-state index is 0.00979. The van der Waals surface area contributed by atoms with E-state index in [0.29, 0.717) is 30.4 Å². The Bertz CT molecular complexity index is 689. The Balaban J connectivity index is 1.65. The Morgan fingerprint density at radius 3 is 2.91 bits per heavy atom. The molecule has 0 spiro atoms. The lowest BCUT2D eigenvalue weighted by Gasteiger charge is -2.17. The highest BCUT2D eigenvalue weighted by atomic mass is 16.5. The molecule has 0 radical (unpaired) electrons. The number of hydrogen-bond acceptors (Lipinski definition) is 5. The molecule has 1 aliphatic rings. The molecule has 1 atom stereocenters. The summed E-state index contributed by atoms with van der Waals surface area (Å²) >= 11 is 0. The lowest BCUT2D eigenvalue weighted by atomic mass is 10.2. The van der Waals surface area contributed by atoms with Gasteiger partial charge >= 0.3 is 0 Å². The van der Waals surface area contributed by atoms with E-state index in [1.807, 2.05) is 24.8 Å². The molecule has 1 fully saturated rings. The van der Waals surface area contributed by atoms with Crippen molar-refractivity contribution < 1.29 is 9.53 Å². The molecule has 2 aromatic rings. The fourth-order valence-electron chi connectivity index (χ4n) is 2.56. The van der Waals surface area contributed by atoms with Crippen LogP contribution in [-0.4, -0.2) is 45.0 Å². The monoisotopic (exact) mass is 298 g/mol. The minimum atomic E-state index is -0.0322. The number of nitrogens with zero attached hydrogens (tertiary/aromatic N) is 4. The molecule has 6 nitrogen and oxygen atoms in total.